The van der Waals surface area contributed by atoms with Crippen LogP contribution in [0.15, 0.2) is 72.8 Å². The molecule has 28 heavy (non-hydrogen) atoms. The normalized spacial score (nSPS) is 10.7. The molecule has 3 aromatic rings. The molecule has 3 rings (SSSR count). The maximum absolute atomic E-state index is 11.9. The van der Waals surface area contributed by atoms with Crippen LogP contribution in [-0.4, -0.2) is 34.8 Å². The Morgan fingerprint density at radius 3 is 2.75 bits per heavy atom. The van der Waals surface area contributed by atoms with Gasteiger partial charge >= 0.3 is 5.97 Å². The van der Waals surface area contributed by atoms with E-state index >= 15 is 0 Å². The molecule has 0 aliphatic rings. The highest BCUT2D eigenvalue weighted by Gasteiger charge is 2.12. The minimum atomic E-state index is -0.599. The first-order chi connectivity index (χ1) is 13.7. The van der Waals surface area contributed by atoms with E-state index < -0.39 is 5.97 Å². The second-order valence-electron chi connectivity index (χ2n) is 5.72. The highest BCUT2D eigenvalue weighted by molar-refractivity contribution is 7.13. The van der Waals surface area contributed by atoms with E-state index in [1.54, 1.807) is 28.2 Å². The van der Waals surface area contributed by atoms with Crippen LogP contribution in [0.2, 0.25) is 0 Å². The molecule has 0 radical (unpaired) electrons. The van der Waals surface area contributed by atoms with E-state index in [1.165, 1.54) is 6.08 Å². The average molecular weight is 393 g/mol. The Labute approximate surface area is 166 Å². The van der Waals surface area contributed by atoms with Crippen molar-refractivity contribution in [2.45, 2.75) is 0 Å². The third-order valence-electron chi connectivity index (χ3n) is 3.71. The number of hydrogen-bond donors (Lipinski definition) is 1. The number of ether oxygens (including phenoxy) is 1. The lowest BCUT2D eigenvalue weighted by molar-refractivity contribution is -0.143. The SMILES string of the molecule is C=CCNC(=O)COC(=O)C=Cc1cn(-c2ccccc2)nc1-c1cccs1. The summed E-state index contributed by atoms with van der Waals surface area (Å²) in [5.41, 5.74) is 2.47. The number of benzene rings is 1. The van der Waals surface area contributed by atoms with E-state index in [9.17, 15) is 9.59 Å². The first-order valence-electron chi connectivity index (χ1n) is 8.59. The number of aromatic nitrogens is 2. The summed E-state index contributed by atoms with van der Waals surface area (Å²) in [6.07, 6.45) is 6.34. The first kappa shape index (κ1) is 19.3. The fourth-order valence-electron chi connectivity index (χ4n) is 2.41. The van der Waals surface area contributed by atoms with Crippen molar-refractivity contribution in [3.63, 3.8) is 0 Å². The highest BCUT2D eigenvalue weighted by Crippen LogP contribution is 2.28. The standard InChI is InChI=1S/C21H19N3O3S/c1-2-12-22-19(25)15-27-20(26)11-10-16-14-24(17-7-4-3-5-8-17)23-21(16)18-9-6-13-28-18/h2-11,13-14H,1,12,15H2,(H,22,25). The summed E-state index contributed by atoms with van der Waals surface area (Å²) in [5, 5.41) is 9.17. The zero-order valence-corrected chi connectivity index (χ0v) is 15.9. The fraction of sp³-hybridized carbons (Fsp3) is 0.0952. The van der Waals surface area contributed by atoms with Crippen LogP contribution in [0, 0.1) is 0 Å². The van der Waals surface area contributed by atoms with E-state index in [-0.39, 0.29) is 12.5 Å². The van der Waals surface area contributed by atoms with E-state index in [0.717, 1.165) is 21.8 Å². The molecule has 1 aromatic carbocycles. The van der Waals surface area contributed by atoms with Gasteiger partial charge in [-0.1, -0.05) is 30.3 Å². The van der Waals surface area contributed by atoms with E-state index in [1.807, 2.05) is 54.0 Å². The molecule has 2 aromatic heterocycles. The summed E-state index contributed by atoms with van der Waals surface area (Å²) in [7, 11) is 0. The molecule has 0 spiro atoms. The van der Waals surface area contributed by atoms with Gasteiger partial charge in [-0.25, -0.2) is 9.48 Å². The number of rotatable bonds is 8. The van der Waals surface area contributed by atoms with Crippen molar-refractivity contribution in [3.8, 4) is 16.3 Å². The van der Waals surface area contributed by atoms with Crippen molar-refractivity contribution < 1.29 is 14.3 Å². The predicted octanol–water partition coefficient (Wildman–Crippen LogP) is 3.46. The number of nitrogens with one attached hydrogen (secondary N) is 1. The largest absolute Gasteiger partial charge is 0.452 e. The van der Waals surface area contributed by atoms with Crippen LogP contribution in [0.4, 0.5) is 0 Å². The molecule has 0 unspecified atom stereocenters. The average Bonchev–Trinajstić information content (AvgIpc) is 3.39. The lowest BCUT2D eigenvalue weighted by Gasteiger charge is -2.02. The zero-order chi connectivity index (χ0) is 19.8. The lowest BCUT2D eigenvalue weighted by Crippen LogP contribution is -2.28. The van der Waals surface area contributed by atoms with Crippen molar-refractivity contribution in [2.75, 3.05) is 13.2 Å². The van der Waals surface area contributed by atoms with Crippen LogP contribution >= 0.6 is 11.3 Å². The summed E-state index contributed by atoms with van der Waals surface area (Å²) in [4.78, 5) is 24.4. The Kier molecular flexibility index (Phi) is 6.54. The zero-order valence-electron chi connectivity index (χ0n) is 15.1. The molecule has 0 aliphatic heterocycles. The molecule has 1 amide bonds. The summed E-state index contributed by atoms with van der Waals surface area (Å²) < 4.78 is 6.71. The quantitative estimate of drug-likeness (QED) is 0.361. The molecule has 1 N–H and O–H groups in total. The number of carbonyl (C=O) groups is 2. The van der Waals surface area contributed by atoms with Gasteiger partial charge in [0, 0.05) is 24.4 Å². The molecule has 0 fully saturated rings. The van der Waals surface area contributed by atoms with Crippen molar-refractivity contribution >= 4 is 29.3 Å². The van der Waals surface area contributed by atoms with Crippen molar-refractivity contribution in [2.24, 2.45) is 0 Å². The summed E-state index contributed by atoms with van der Waals surface area (Å²) in [6.45, 7) is 3.50. The van der Waals surface area contributed by atoms with Crippen LogP contribution in [-0.2, 0) is 14.3 Å². The summed E-state index contributed by atoms with van der Waals surface area (Å²) >= 11 is 1.57. The number of nitrogens with zero attached hydrogens (tertiary/aromatic N) is 2. The molecule has 142 valence electrons. The van der Waals surface area contributed by atoms with Gasteiger partial charge in [0.05, 0.1) is 10.6 Å². The number of esters is 1. The molecular weight excluding hydrogens is 374 g/mol. The minimum Gasteiger partial charge on any atom is -0.452 e. The minimum absolute atomic E-state index is 0.328. The molecule has 0 atom stereocenters. The monoisotopic (exact) mass is 393 g/mol. The van der Waals surface area contributed by atoms with Crippen LogP contribution < -0.4 is 5.32 Å². The van der Waals surface area contributed by atoms with Crippen molar-refractivity contribution in [3.05, 3.63) is 78.3 Å². The van der Waals surface area contributed by atoms with Gasteiger partial charge in [0.15, 0.2) is 6.61 Å². The Bertz CT molecular complexity index is 976. The van der Waals surface area contributed by atoms with Crippen LogP contribution in [0.1, 0.15) is 5.56 Å². The summed E-state index contributed by atoms with van der Waals surface area (Å²) in [5.74, 6) is -0.976. The number of carbonyl (C=O) groups excluding carboxylic acids is 2. The van der Waals surface area contributed by atoms with Crippen LogP contribution in [0.5, 0.6) is 0 Å². The molecule has 0 aliphatic carbocycles. The number of thiophene rings is 1. The van der Waals surface area contributed by atoms with E-state index in [0.29, 0.717) is 6.54 Å². The third-order valence-corrected chi connectivity index (χ3v) is 4.58. The molecule has 0 saturated carbocycles. The Morgan fingerprint density at radius 2 is 2.04 bits per heavy atom. The Morgan fingerprint density at radius 1 is 1.21 bits per heavy atom. The molecule has 0 bridgehead atoms. The van der Waals surface area contributed by atoms with Crippen molar-refractivity contribution in [1.82, 2.24) is 15.1 Å². The maximum atomic E-state index is 11.9. The third kappa shape index (κ3) is 5.05. The molecular formula is C21H19N3O3S. The topological polar surface area (TPSA) is 73.2 Å². The van der Waals surface area contributed by atoms with Crippen molar-refractivity contribution in [1.29, 1.82) is 0 Å². The summed E-state index contributed by atoms with van der Waals surface area (Å²) in [6, 6.07) is 13.6. The van der Waals surface area contributed by atoms with Crippen LogP contribution in [0.25, 0.3) is 22.3 Å². The number of para-hydroxylation sites is 1. The second-order valence-corrected chi connectivity index (χ2v) is 6.67. The highest BCUT2D eigenvalue weighted by atomic mass is 32.1. The number of hydrogen-bond acceptors (Lipinski definition) is 5. The Balaban J connectivity index is 1.76. The smallest absolute Gasteiger partial charge is 0.331 e. The predicted molar refractivity (Wildman–Crippen MR) is 110 cm³/mol. The maximum Gasteiger partial charge on any atom is 0.331 e. The number of amides is 1. The second kappa shape index (κ2) is 9.48. The molecule has 2 heterocycles. The van der Waals surface area contributed by atoms with Gasteiger partial charge in [-0.15, -0.1) is 17.9 Å². The van der Waals surface area contributed by atoms with Gasteiger partial charge in [0.1, 0.15) is 5.69 Å². The van der Waals surface area contributed by atoms with Gasteiger partial charge in [-0.05, 0) is 29.7 Å². The van der Waals surface area contributed by atoms with Gasteiger partial charge in [0.25, 0.3) is 5.91 Å². The van der Waals surface area contributed by atoms with Gasteiger partial charge in [0.2, 0.25) is 0 Å². The molecule has 0 saturated heterocycles. The van der Waals surface area contributed by atoms with Gasteiger partial charge in [-0.3, -0.25) is 4.79 Å². The first-order valence-corrected chi connectivity index (χ1v) is 9.46. The van der Waals surface area contributed by atoms with E-state index in [2.05, 4.69) is 17.0 Å². The fourth-order valence-corrected chi connectivity index (χ4v) is 3.14. The van der Waals surface area contributed by atoms with Gasteiger partial charge < -0.3 is 10.1 Å². The molecule has 6 nitrogen and oxygen atoms in total. The Hall–Kier alpha value is -3.45. The van der Waals surface area contributed by atoms with Gasteiger partial charge in [-0.2, -0.15) is 5.10 Å². The molecule has 7 heteroatoms. The van der Waals surface area contributed by atoms with Crippen LogP contribution in [0.3, 0.4) is 0 Å². The lowest BCUT2D eigenvalue weighted by atomic mass is 10.2. The van der Waals surface area contributed by atoms with E-state index in [4.69, 9.17) is 4.74 Å².